The zero-order valence-corrected chi connectivity index (χ0v) is 21.3. The molecule has 0 bridgehead atoms. The van der Waals surface area contributed by atoms with Gasteiger partial charge in [0.1, 0.15) is 0 Å². The van der Waals surface area contributed by atoms with Crippen LogP contribution in [0.25, 0.3) is 0 Å². The molecule has 0 spiro atoms. The number of nitrogens with zero attached hydrogens (tertiary/aromatic N) is 3. The van der Waals surface area contributed by atoms with Crippen molar-refractivity contribution in [3.05, 3.63) is 71.2 Å². The second-order valence-corrected chi connectivity index (χ2v) is 11.7. The summed E-state index contributed by atoms with van der Waals surface area (Å²) in [6.07, 6.45) is -0.626. The van der Waals surface area contributed by atoms with E-state index < -0.39 is 21.8 Å². The van der Waals surface area contributed by atoms with Crippen molar-refractivity contribution in [2.75, 3.05) is 29.3 Å². The molecule has 0 saturated carbocycles. The number of benzene rings is 2. The molecule has 1 aromatic heterocycles. The first-order chi connectivity index (χ1) is 17.6. The van der Waals surface area contributed by atoms with Crippen molar-refractivity contribution < 1.29 is 26.4 Å². The minimum atomic E-state index is -4.34. The van der Waals surface area contributed by atoms with E-state index in [1.165, 1.54) is 29.7 Å². The standard InChI is InChI=1S/C25H25F3N4O3S2/c26-25(27,28)19-3-1-17(2-4-19)18-9-13-31(14-10-18)22-11-15-32(23(22)33)20-5-7-21(8-6-20)37(34,35)30-24-29-12-16-36-24/h1-8,12,16,18,22H,9-11,13-15H2,(H,29,30). The Morgan fingerprint density at radius 2 is 1.62 bits per heavy atom. The predicted molar refractivity (Wildman–Crippen MR) is 135 cm³/mol. The lowest BCUT2D eigenvalue weighted by Gasteiger charge is -2.35. The molecule has 1 unspecified atom stereocenters. The van der Waals surface area contributed by atoms with Gasteiger partial charge in [-0.15, -0.1) is 11.3 Å². The number of amides is 1. The molecule has 1 amide bonds. The van der Waals surface area contributed by atoms with Gasteiger partial charge in [0, 0.05) is 23.8 Å². The van der Waals surface area contributed by atoms with Crippen molar-refractivity contribution in [3.63, 3.8) is 0 Å². The van der Waals surface area contributed by atoms with Crippen LogP contribution in [0.2, 0.25) is 0 Å². The van der Waals surface area contributed by atoms with E-state index in [4.69, 9.17) is 0 Å². The molecule has 7 nitrogen and oxygen atoms in total. The van der Waals surface area contributed by atoms with Gasteiger partial charge in [-0.25, -0.2) is 13.4 Å². The Morgan fingerprint density at radius 3 is 2.22 bits per heavy atom. The molecule has 3 aromatic rings. The van der Waals surface area contributed by atoms with Crippen LogP contribution in [0.3, 0.4) is 0 Å². The van der Waals surface area contributed by atoms with Crippen LogP contribution in [-0.2, 0) is 21.0 Å². The molecule has 5 rings (SSSR count). The number of rotatable bonds is 6. The van der Waals surface area contributed by atoms with Crippen molar-refractivity contribution in [1.29, 1.82) is 0 Å². The number of hydrogen-bond donors (Lipinski definition) is 1. The number of nitrogens with one attached hydrogen (secondary N) is 1. The van der Waals surface area contributed by atoms with Crippen molar-refractivity contribution in [2.24, 2.45) is 0 Å². The lowest BCUT2D eigenvalue weighted by molar-refractivity contribution is -0.137. The van der Waals surface area contributed by atoms with E-state index in [1.807, 2.05) is 0 Å². The summed E-state index contributed by atoms with van der Waals surface area (Å²) in [6.45, 7) is 1.91. The number of thiazole rings is 1. The quantitative estimate of drug-likeness (QED) is 0.470. The van der Waals surface area contributed by atoms with Crippen LogP contribution >= 0.6 is 11.3 Å². The number of hydrogen-bond acceptors (Lipinski definition) is 6. The summed E-state index contributed by atoms with van der Waals surface area (Å²) in [5, 5.41) is 1.96. The fraction of sp³-hybridized carbons (Fsp3) is 0.360. The Kier molecular flexibility index (Phi) is 6.99. The number of anilines is 2. The number of halogens is 3. The van der Waals surface area contributed by atoms with Crippen molar-refractivity contribution >= 4 is 38.1 Å². The highest BCUT2D eigenvalue weighted by atomic mass is 32.2. The highest BCUT2D eigenvalue weighted by molar-refractivity contribution is 7.93. The van der Waals surface area contributed by atoms with E-state index in [2.05, 4.69) is 14.6 Å². The van der Waals surface area contributed by atoms with E-state index in [9.17, 15) is 26.4 Å². The Hall–Kier alpha value is -2.96. The summed E-state index contributed by atoms with van der Waals surface area (Å²) in [6, 6.07) is 11.3. The zero-order valence-electron chi connectivity index (χ0n) is 19.7. The molecule has 1 N–H and O–H groups in total. The first kappa shape index (κ1) is 25.7. The third-order valence-corrected chi connectivity index (χ3v) is 9.14. The average molecular weight is 551 g/mol. The monoisotopic (exact) mass is 550 g/mol. The van der Waals surface area contributed by atoms with Gasteiger partial charge in [-0.05, 0) is 80.2 Å². The molecule has 37 heavy (non-hydrogen) atoms. The highest BCUT2D eigenvalue weighted by Crippen LogP contribution is 2.35. The van der Waals surface area contributed by atoms with E-state index >= 15 is 0 Å². The molecule has 2 saturated heterocycles. The molecule has 12 heteroatoms. The molecule has 2 fully saturated rings. The van der Waals surface area contributed by atoms with Gasteiger partial charge in [-0.1, -0.05) is 12.1 Å². The Labute approximate surface area is 217 Å². The first-order valence-electron chi connectivity index (χ1n) is 11.9. The molecule has 3 heterocycles. The number of likely N-dealkylation sites (tertiary alicyclic amines) is 1. The van der Waals surface area contributed by atoms with Crippen LogP contribution < -0.4 is 9.62 Å². The second kappa shape index (κ2) is 10.1. The maximum Gasteiger partial charge on any atom is 0.416 e. The first-order valence-corrected chi connectivity index (χ1v) is 14.2. The zero-order chi connectivity index (χ0) is 26.2. The van der Waals surface area contributed by atoms with Crippen LogP contribution in [0.5, 0.6) is 0 Å². The number of carbonyl (C=O) groups is 1. The van der Waals surface area contributed by atoms with Gasteiger partial charge in [0.05, 0.1) is 16.5 Å². The summed E-state index contributed by atoms with van der Waals surface area (Å²) in [5.41, 5.74) is 0.887. The van der Waals surface area contributed by atoms with Gasteiger partial charge in [-0.2, -0.15) is 13.2 Å². The molecule has 1 atom stereocenters. The van der Waals surface area contributed by atoms with E-state index in [1.54, 1.807) is 34.5 Å². The molecule has 0 radical (unpaired) electrons. The summed E-state index contributed by atoms with van der Waals surface area (Å²) in [5.74, 6) is 0.142. The normalized spacial score (nSPS) is 19.9. The molecular weight excluding hydrogens is 525 g/mol. The Morgan fingerprint density at radius 1 is 0.946 bits per heavy atom. The average Bonchev–Trinajstić information content (AvgIpc) is 3.53. The van der Waals surface area contributed by atoms with Gasteiger partial charge >= 0.3 is 6.18 Å². The van der Waals surface area contributed by atoms with Gasteiger partial charge in [0.2, 0.25) is 5.91 Å². The van der Waals surface area contributed by atoms with Crippen molar-refractivity contribution in [2.45, 2.75) is 42.3 Å². The predicted octanol–water partition coefficient (Wildman–Crippen LogP) is 4.95. The van der Waals surface area contributed by atoms with E-state index in [-0.39, 0.29) is 27.9 Å². The summed E-state index contributed by atoms with van der Waals surface area (Å²) < 4.78 is 66.1. The summed E-state index contributed by atoms with van der Waals surface area (Å²) in [7, 11) is -3.77. The Bertz CT molecular complexity index is 1340. The van der Waals surface area contributed by atoms with Crippen LogP contribution in [0.15, 0.2) is 65.0 Å². The number of piperidine rings is 1. The molecule has 2 aromatic carbocycles. The minimum Gasteiger partial charge on any atom is -0.311 e. The number of alkyl halides is 3. The minimum absolute atomic E-state index is 0.0236. The maximum atomic E-state index is 13.2. The molecule has 196 valence electrons. The fourth-order valence-corrected chi connectivity index (χ4v) is 6.79. The third-order valence-electron chi connectivity index (χ3n) is 6.97. The highest BCUT2D eigenvalue weighted by Gasteiger charge is 2.38. The van der Waals surface area contributed by atoms with Crippen LogP contribution in [-0.4, -0.2) is 49.9 Å². The topological polar surface area (TPSA) is 82.6 Å². The fourth-order valence-electron chi connectivity index (χ4n) is 5.00. The lowest BCUT2D eigenvalue weighted by Crippen LogP contribution is -2.45. The summed E-state index contributed by atoms with van der Waals surface area (Å²) in [4.78, 5) is 21.1. The Balaban J connectivity index is 1.19. The van der Waals surface area contributed by atoms with Gasteiger partial charge < -0.3 is 4.90 Å². The number of sulfonamides is 1. The largest absolute Gasteiger partial charge is 0.416 e. The number of carbonyl (C=O) groups excluding carboxylic acids is 1. The molecule has 0 aliphatic carbocycles. The third kappa shape index (κ3) is 5.51. The molecular formula is C25H25F3N4O3S2. The SMILES string of the molecule is O=C1C(N2CCC(c3ccc(C(F)(F)F)cc3)CC2)CCN1c1ccc(S(=O)(=O)Nc2nccs2)cc1. The van der Waals surface area contributed by atoms with Gasteiger partial charge in [0.25, 0.3) is 10.0 Å². The lowest BCUT2D eigenvalue weighted by atomic mass is 9.88. The smallest absolute Gasteiger partial charge is 0.311 e. The van der Waals surface area contributed by atoms with Crippen LogP contribution in [0.4, 0.5) is 24.0 Å². The van der Waals surface area contributed by atoms with Gasteiger partial charge in [0.15, 0.2) is 5.13 Å². The molecule has 2 aliphatic rings. The maximum absolute atomic E-state index is 13.2. The summed E-state index contributed by atoms with van der Waals surface area (Å²) >= 11 is 1.18. The van der Waals surface area contributed by atoms with Gasteiger partial charge in [-0.3, -0.25) is 14.4 Å². The van der Waals surface area contributed by atoms with Crippen LogP contribution in [0.1, 0.15) is 36.3 Å². The van der Waals surface area contributed by atoms with Crippen LogP contribution in [0, 0.1) is 0 Å². The van der Waals surface area contributed by atoms with E-state index in [0.29, 0.717) is 31.7 Å². The van der Waals surface area contributed by atoms with E-state index in [0.717, 1.165) is 30.5 Å². The number of aromatic nitrogens is 1. The van der Waals surface area contributed by atoms with Crippen molar-refractivity contribution in [3.8, 4) is 0 Å². The second-order valence-electron chi connectivity index (χ2n) is 9.16. The van der Waals surface area contributed by atoms with Crippen molar-refractivity contribution in [1.82, 2.24) is 9.88 Å². The molecule has 2 aliphatic heterocycles.